The van der Waals surface area contributed by atoms with Gasteiger partial charge in [0.05, 0.1) is 5.56 Å². The minimum absolute atomic E-state index is 0.251. The smallest absolute Gasteiger partial charge is 0.416 e. The molecule has 2 aromatic carbocycles. The lowest BCUT2D eigenvalue weighted by molar-refractivity contribution is -0.155. The first-order valence-corrected chi connectivity index (χ1v) is 12.8. The highest BCUT2D eigenvalue weighted by Crippen LogP contribution is 2.46. The molecule has 4 nitrogen and oxygen atoms in total. The van der Waals surface area contributed by atoms with Gasteiger partial charge in [-0.2, -0.15) is 13.2 Å². The molecule has 1 heterocycles. The van der Waals surface area contributed by atoms with E-state index in [-0.39, 0.29) is 5.97 Å². The summed E-state index contributed by atoms with van der Waals surface area (Å²) in [4.78, 5) is 13.3. The van der Waals surface area contributed by atoms with E-state index in [0.29, 0.717) is 56.0 Å². The minimum Gasteiger partial charge on any atom is -0.460 e. The third-order valence-electron chi connectivity index (χ3n) is 5.02. The number of fused-ring (bicyclic) bond motifs is 2. The molecule has 1 aliphatic heterocycles. The zero-order valence-corrected chi connectivity index (χ0v) is 21.9. The molecular weight excluding hydrogens is 531 g/mol. The summed E-state index contributed by atoms with van der Waals surface area (Å²) < 4.78 is 52.2. The zero-order chi connectivity index (χ0) is 24.9. The Morgan fingerprint density at radius 2 is 1.82 bits per heavy atom. The van der Waals surface area contributed by atoms with Gasteiger partial charge in [0.15, 0.2) is 0 Å². The van der Waals surface area contributed by atoms with Gasteiger partial charge in [0, 0.05) is 52.6 Å². The van der Waals surface area contributed by atoms with Crippen LogP contribution in [0, 0.1) is 0 Å². The van der Waals surface area contributed by atoms with Crippen molar-refractivity contribution in [1.82, 2.24) is 0 Å². The van der Waals surface area contributed by atoms with Crippen molar-refractivity contribution >= 4 is 39.3 Å². The monoisotopic (exact) mass is 559 g/mol. The number of ether oxygens (including phenoxy) is 2. The summed E-state index contributed by atoms with van der Waals surface area (Å²) in [5, 5.41) is 3.19. The van der Waals surface area contributed by atoms with E-state index in [1.165, 1.54) is 23.9 Å². The Labute approximate surface area is 211 Å². The maximum atomic E-state index is 13.5. The largest absolute Gasteiger partial charge is 0.460 e. The Bertz CT molecular complexity index is 1020. The maximum absolute atomic E-state index is 13.5. The Hall–Kier alpha value is -1.71. The summed E-state index contributed by atoms with van der Waals surface area (Å²) in [6.45, 7) is 6.85. The summed E-state index contributed by atoms with van der Waals surface area (Å²) in [6, 6.07) is 8.33. The highest BCUT2D eigenvalue weighted by molar-refractivity contribution is 9.10. The van der Waals surface area contributed by atoms with Gasteiger partial charge in [-0.05, 0) is 69.0 Å². The standard InChI is InChI=1S/C25H29BrF3NO3S/c1-24(2,3)33-23(31)6-4-10-32-11-5-9-30-20-13-17(25(27,28)29)14-22-19(20)12-16-7-8-18(26)15-21(16)34-22/h7-8,13-15,30H,4-6,9-12H2,1-3H3. The Kier molecular flexibility index (Phi) is 8.98. The van der Waals surface area contributed by atoms with E-state index < -0.39 is 17.3 Å². The SMILES string of the molecule is CC(C)(C)OC(=O)CCCOCCCNc1cc(C(F)(F)F)cc2c1Cc1ccc(Br)cc1S2. The van der Waals surface area contributed by atoms with Crippen LogP contribution >= 0.6 is 27.7 Å². The third kappa shape index (κ3) is 7.92. The van der Waals surface area contributed by atoms with E-state index in [2.05, 4.69) is 21.2 Å². The van der Waals surface area contributed by atoms with Gasteiger partial charge in [-0.1, -0.05) is 33.8 Å². The number of hydrogen-bond donors (Lipinski definition) is 1. The van der Waals surface area contributed by atoms with E-state index in [9.17, 15) is 18.0 Å². The number of benzene rings is 2. The van der Waals surface area contributed by atoms with Crippen molar-refractivity contribution in [3.05, 3.63) is 51.5 Å². The topological polar surface area (TPSA) is 47.6 Å². The van der Waals surface area contributed by atoms with Crippen LogP contribution in [0.25, 0.3) is 0 Å². The molecule has 0 saturated heterocycles. The van der Waals surface area contributed by atoms with Gasteiger partial charge < -0.3 is 14.8 Å². The number of carbonyl (C=O) groups is 1. The number of alkyl halides is 3. The van der Waals surface area contributed by atoms with Crippen molar-refractivity contribution in [2.75, 3.05) is 25.1 Å². The normalized spacial score (nSPS) is 13.3. The molecule has 0 saturated carbocycles. The first kappa shape index (κ1) is 26.9. The van der Waals surface area contributed by atoms with Gasteiger partial charge in [0.25, 0.3) is 0 Å². The average molecular weight is 560 g/mol. The van der Waals surface area contributed by atoms with Gasteiger partial charge in [-0.15, -0.1) is 0 Å². The fourth-order valence-electron chi connectivity index (χ4n) is 3.53. The number of halogens is 4. The number of esters is 1. The molecule has 1 aliphatic rings. The molecule has 0 aromatic heterocycles. The summed E-state index contributed by atoms with van der Waals surface area (Å²) in [7, 11) is 0. The fraction of sp³-hybridized carbons (Fsp3) is 0.480. The minimum atomic E-state index is -4.42. The lowest BCUT2D eigenvalue weighted by Gasteiger charge is -2.24. The Morgan fingerprint density at radius 3 is 2.53 bits per heavy atom. The number of carbonyl (C=O) groups excluding carboxylic acids is 1. The molecule has 0 unspecified atom stereocenters. The molecule has 0 aliphatic carbocycles. The van der Waals surface area contributed by atoms with Crippen LogP contribution in [0.2, 0.25) is 0 Å². The molecule has 2 aromatic rings. The van der Waals surface area contributed by atoms with E-state index in [0.717, 1.165) is 20.5 Å². The molecule has 3 rings (SSSR count). The summed E-state index contributed by atoms with van der Waals surface area (Å²) in [6.07, 6.45) is -2.35. The molecular formula is C25H29BrF3NO3S. The molecule has 186 valence electrons. The Balaban J connectivity index is 1.53. The molecule has 9 heteroatoms. The van der Waals surface area contributed by atoms with Crippen LogP contribution in [0.15, 0.2) is 44.6 Å². The second kappa shape index (κ2) is 11.4. The van der Waals surface area contributed by atoms with Gasteiger partial charge in [-0.3, -0.25) is 4.79 Å². The van der Waals surface area contributed by atoms with Crippen LogP contribution in [-0.2, 0) is 26.9 Å². The number of rotatable bonds is 9. The quantitative estimate of drug-likeness (QED) is 0.218. The molecule has 0 spiro atoms. The van der Waals surface area contributed by atoms with Crippen molar-refractivity contribution in [3.8, 4) is 0 Å². The molecule has 0 bridgehead atoms. The van der Waals surface area contributed by atoms with E-state index in [4.69, 9.17) is 9.47 Å². The van der Waals surface area contributed by atoms with Gasteiger partial charge in [0.1, 0.15) is 5.60 Å². The number of hydrogen-bond acceptors (Lipinski definition) is 5. The van der Waals surface area contributed by atoms with Crippen molar-refractivity contribution in [2.45, 2.75) is 68.0 Å². The van der Waals surface area contributed by atoms with Crippen molar-refractivity contribution in [3.63, 3.8) is 0 Å². The fourth-order valence-corrected chi connectivity index (χ4v) is 5.23. The van der Waals surface area contributed by atoms with E-state index in [1.807, 2.05) is 39.0 Å². The predicted molar refractivity (Wildman–Crippen MR) is 132 cm³/mol. The molecule has 0 atom stereocenters. The lowest BCUT2D eigenvalue weighted by atomic mass is 10.00. The molecule has 0 amide bonds. The van der Waals surface area contributed by atoms with Gasteiger partial charge in [-0.25, -0.2) is 0 Å². The maximum Gasteiger partial charge on any atom is 0.416 e. The molecule has 34 heavy (non-hydrogen) atoms. The van der Waals surface area contributed by atoms with Crippen LogP contribution in [0.5, 0.6) is 0 Å². The van der Waals surface area contributed by atoms with Crippen LogP contribution in [0.1, 0.15) is 56.7 Å². The van der Waals surface area contributed by atoms with Crippen LogP contribution in [-0.4, -0.2) is 31.3 Å². The molecule has 1 N–H and O–H groups in total. The highest BCUT2D eigenvalue weighted by atomic mass is 79.9. The van der Waals surface area contributed by atoms with Crippen LogP contribution in [0.3, 0.4) is 0 Å². The van der Waals surface area contributed by atoms with Crippen molar-refractivity contribution in [2.24, 2.45) is 0 Å². The molecule has 0 fully saturated rings. The van der Waals surface area contributed by atoms with Crippen LogP contribution in [0.4, 0.5) is 18.9 Å². The first-order chi connectivity index (χ1) is 15.9. The second-order valence-electron chi connectivity index (χ2n) is 9.11. The number of anilines is 1. The van der Waals surface area contributed by atoms with Crippen molar-refractivity contribution in [1.29, 1.82) is 0 Å². The van der Waals surface area contributed by atoms with Crippen LogP contribution < -0.4 is 5.32 Å². The summed E-state index contributed by atoms with van der Waals surface area (Å²) >= 11 is 4.80. The Morgan fingerprint density at radius 1 is 1.09 bits per heavy atom. The first-order valence-electron chi connectivity index (χ1n) is 11.2. The zero-order valence-electron chi connectivity index (χ0n) is 19.5. The highest BCUT2D eigenvalue weighted by Gasteiger charge is 2.33. The second-order valence-corrected chi connectivity index (χ2v) is 11.1. The van der Waals surface area contributed by atoms with Gasteiger partial charge >= 0.3 is 12.1 Å². The van der Waals surface area contributed by atoms with E-state index in [1.54, 1.807) is 0 Å². The van der Waals surface area contributed by atoms with E-state index >= 15 is 0 Å². The summed E-state index contributed by atoms with van der Waals surface area (Å²) in [5.74, 6) is -0.251. The lowest BCUT2D eigenvalue weighted by Crippen LogP contribution is -2.23. The predicted octanol–water partition coefficient (Wildman–Crippen LogP) is 7.46. The van der Waals surface area contributed by atoms with Crippen molar-refractivity contribution < 1.29 is 27.4 Å². The number of nitrogens with one attached hydrogen (secondary N) is 1. The van der Waals surface area contributed by atoms with Gasteiger partial charge in [0.2, 0.25) is 0 Å². The summed E-state index contributed by atoms with van der Waals surface area (Å²) in [5.41, 5.74) is 1.33. The third-order valence-corrected chi connectivity index (χ3v) is 6.70. The molecule has 0 radical (unpaired) electrons. The average Bonchev–Trinajstić information content (AvgIpc) is 2.72.